The van der Waals surface area contributed by atoms with Gasteiger partial charge in [-0.15, -0.1) is 0 Å². The Morgan fingerprint density at radius 3 is 1.72 bits per heavy atom. The first-order valence-corrected chi connectivity index (χ1v) is 19.3. The van der Waals surface area contributed by atoms with Gasteiger partial charge in [0.1, 0.15) is 51.8 Å². The molecule has 0 saturated heterocycles. The molecule has 4 N–H and O–H groups in total. The van der Waals surface area contributed by atoms with Crippen LogP contribution in [0.4, 0.5) is 11.4 Å². The highest BCUT2D eigenvalue weighted by Gasteiger charge is 2.25. The minimum absolute atomic E-state index is 0.0890. The molecule has 8 aromatic heterocycles. The summed E-state index contributed by atoms with van der Waals surface area (Å²) >= 11 is 0. The molecule has 0 saturated carbocycles. The Labute approximate surface area is 364 Å². The highest BCUT2D eigenvalue weighted by Crippen LogP contribution is 2.34. The van der Waals surface area contributed by atoms with Gasteiger partial charge in [-0.1, -0.05) is 0 Å². The molecule has 64 heavy (non-hydrogen) atoms. The van der Waals surface area contributed by atoms with Gasteiger partial charge in [0.2, 0.25) is 0 Å². The topological polar surface area (TPSA) is 286 Å². The Morgan fingerprint density at radius 1 is 0.703 bits per heavy atom. The molecule has 8 heterocycles. The Balaban J connectivity index is 0.000000191. The number of aliphatic hydroxyl groups is 2. The normalized spacial score (nSPS) is 11.3. The van der Waals surface area contributed by atoms with Gasteiger partial charge in [-0.2, -0.15) is 30.9 Å². The molecule has 0 aliphatic heterocycles. The predicted octanol–water partition coefficient (Wildman–Crippen LogP) is 3.78. The average Bonchev–Trinajstić information content (AvgIpc) is 4.07. The largest absolute Gasteiger partial charge is 0.494 e. The number of ether oxygens (including phenoxy) is 2. The van der Waals surface area contributed by atoms with Gasteiger partial charge < -0.3 is 30.3 Å². The summed E-state index contributed by atoms with van der Waals surface area (Å²) in [4.78, 5) is 43.1. The number of aromatic nitrogens is 12. The van der Waals surface area contributed by atoms with Crippen LogP contribution in [0.3, 0.4) is 0 Å². The van der Waals surface area contributed by atoms with E-state index >= 15 is 0 Å². The first kappa shape index (κ1) is 43.5. The number of hydrogen-bond donors (Lipinski definition) is 4. The Hall–Kier alpha value is -8.60. The SMILES string of the molecule is COc1ccc(-c2nn(CC(C)(C)O)cc2NC(=O)c2cnn3cccnc23)nc1C#N.COc1ccc(C#N)nc1-c1nn(CC(C)(C)O)cc1NC(=O)c1cnn2cccnc12. The minimum Gasteiger partial charge on any atom is -0.494 e. The van der Waals surface area contributed by atoms with E-state index in [4.69, 9.17) is 9.47 Å². The molecule has 22 heteroatoms. The molecule has 0 aromatic carbocycles. The summed E-state index contributed by atoms with van der Waals surface area (Å²) in [6.45, 7) is 6.93. The zero-order chi connectivity index (χ0) is 45.8. The molecule has 8 aromatic rings. The summed E-state index contributed by atoms with van der Waals surface area (Å²) in [6.07, 6.45) is 12.6. The Kier molecular flexibility index (Phi) is 12.1. The van der Waals surface area contributed by atoms with Crippen LogP contribution >= 0.6 is 0 Å². The van der Waals surface area contributed by atoms with Gasteiger partial charge in [-0.05, 0) is 64.1 Å². The third-order valence-corrected chi connectivity index (χ3v) is 9.01. The van der Waals surface area contributed by atoms with Crippen LogP contribution in [-0.2, 0) is 13.1 Å². The first-order chi connectivity index (χ1) is 30.6. The summed E-state index contributed by atoms with van der Waals surface area (Å²) in [7, 11) is 2.93. The number of anilines is 2. The number of rotatable bonds is 12. The Morgan fingerprint density at radius 2 is 1.22 bits per heavy atom. The second kappa shape index (κ2) is 17.8. The lowest BCUT2D eigenvalue weighted by Gasteiger charge is -2.16. The maximum absolute atomic E-state index is 13.0. The van der Waals surface area contributed by atoms with Crippen molar-refractivity contribution in [1.29, 1.82) is 10.5 Å². The van der Waals surface area contributed by atoms with Gasteiger partial charge in [-0.3, -0.25) is 19.0 Å². The number of methoxy groups -OCH3 is 2. The quantitative estimate of drug-likeness (QED) is 0.136. The molecule has 324 valence electrons. The summed E-state index contributed by atoms with van der Waals surface area (Å²) in [5.74, 6) is -0.171. The van der Waals surface area contributed by atoms with Crippen LogP contribution in [0.2, 0.25) is 0 Å². The van der Waals surface area contributed by atoms with E-state index in [1.807, 2.05) is 12.1 Å². The number of nitrogens with one attached hydrogen (secondary N) is 2. The molecule has 0 unspecified atom stereocenters. The van der Waals surface area contributed by atoms with Crippen LogP contribution in [0.25, 0.3) is 34.1 Å². The number of carbonyl (C=O) groups excluding carboxylic acids is 2. The van der Waals surface area contributed by atoms with Crippen molar-refractivity contribution in [2.75, 3.05) is 24.9 Å². The van der Waals surface area contributed by atoms with Gasteiger partial charge in [0.25, 0.3) is 11.8 Å². The number of pyridine rings is 2. The minimum atomic E-state index is -1.05. The molecular formula is C42H40N16O6. The number of carbonyl (C=O) groups is 2. The highest BCUT2D eigenvalue weighted by atomic mass is 16.5. The monoisotopic (exact) mass is 864 g/mol. The number of nitriles is 2. The molecule has 0 spiro atoms. The van der Waals surface area contributed by atoms with E-state index in [9.17, 15) is 30.3 Å². The van der Waals surface area contributed by atoms with Gasteiger partial charge in [0.15, 0.2) is 22.7 Å². The summed E-state index contributed by atoms with van der Waals surface area (Å²) in [6, 6.07) is 13.8. The van der Waals surface area contributed by atoms with Crippen molar-refractivity contribution in [2.24, 2.45) is 0 Å². The summed E-state index contributed by atoms with van der Waals surface area (Å²) in [5, 5.41) is 62.0. The second-order valence-electron chi connectivity index (χ2n) is 15.3. The van der Waals surface area contributed by atoms with Crippen molar-refractivity contribution in [1.82, 2.24) is 58.7 Å². The van der Waals surface area contributed by atoms with Gasteiger partial charge in [0, 0.05) is 37.2 Å². The van der Waals surface area contributed by atoms with E-state index in [1.165, 1.54) is 51.1 Å². The van der Waals surface area contributed by atoms with Crippen molar-refractivity contribution < 1.29 is 29.3 Å². The van der Waals surface area contributed by atoms with Gasteiger partial charge in [0.05, 0.1) is 68.0 Å². The van der Waals surface area contributed by atoms with Crippen molar-refractivity contribution in [3.8, 4) is 46.4 Å². The molecule has 22 nitrogen and oxygen atoms in total. The molecule has 0 aliphatic rings. The molecule has 2 amide bonds. The molecule has 0 aliphatic carbocycles. The second-order valence-corrected chi connectivity index (χ2v) is 15.3. The van der Waals surface area contributed by atoms with Crippen molar-refractivity contribution in [3.63, 3.8) is 0 Å². The van der Waals surface area contributed by atoms with E-state index in [1.54, 1.807) is 95.2 Å². The predicted molar refractivity (Wildman–Crippen MR) is 228 cm³/mol. The van der Waals surface area contributed by atoms with E-state index in [0.717, 1.165) is 0 Å². The van der Waals surface area contributed by atoms with E-state index < -0.39 is 23.0 Å². The maximum Gasteiger partial charge on any atom is 0.261 e. The highest BCUT2D eigenvalue weighted by molar-refractivity contribution is 6.10. The van der Waals surface area contributed by atoms with E-state index in [-0.39, 0.29) is 41.3 Å². The van der Waals surface area contributed by atoms with Crippen LogP contribution in [0.1, 0.15) is 59.8 Å². The van der Waals surface area contributed by atoms with Crippen LogP contribution < -0.4 is 20.1 Å². The zero-order valence-corrected chi connectivity index (χ0v) is 35.3. The van der Waals surface area contributed by atoms with Crippen molar-refractivity contribution >= 4 is 34.5 Å². The third kappa shape index (κ3) is 9.63. The lowest BCUT2D eigenvalue weighted by Crippen LogP contribution is -2.26. The number of fused-ring (bicyclic) bond motifs is 2. The fraction of sp³-hybridized carbons (Fsp3) is 0.238. The fourth-order valence-electron chi connectivity index (χ4n) is 6.36. The molecule has 0 fully saturated rings. The van der Waals surface area contributed by atoms with E-state index in [2.05, 4.69) is 51.0 Å². The number of hydrogen-bond acceptors (Lipinski definition) is 16. The number of nitrogens with zero attached hydrogens (tertiary/aromatic N) is 14. The summed E-state index contributed by atoms with van der Waals surface area (Å²) in [5.41, 5.74) is 1.50. The third-order valence-electron chi connectivity index (χ3n) is 9.01. The molecular weight excluding hydrogens is 825 g/mol. The molecule has 0 atom stereocenters. The van der Waals surface area contributed by atoms with Crippen LogP contribution in [-0.4, -0.2) is 106 Å². The van der Waals surface area contributed by atoms with Crippen LogP contribution in [0.5, 0.6) is 11.5 Å². The maximum atomic E-state index is 13.0. The first-order valence-electron chi connectivity index (χ1n) is 19.3. The smallest absolute Gasteiger partial charge is 0.261 e. The standard InChI is InChI=1S/2C21H20N8O3/c1-21(2,31)12-28-11-16(18(27-28)14-5-6-17(32-3)15(9-22)25-14)26-20(30)13-10-24-29-8-4-7-23-19(13)29;1-21(2,31)12-28-11-15(17(27-28)18-16(32-3)6-5-13(9-22)25-18)26-20(30)14-10-24-29-8-4-7-23-19(14)29/h2*4-8,10-11,31H,12H2,1-3H3,(H,26,30). The fourth-order valence-corrected chi connectivity index (χ4v) is 6.36. The lowest BCUT2D eigenvalue weighted by atomic mass is 10.1. The number of amides is 2. The molecule has 0 radical (unpaired) electrons. The van der Waals surface area contributed by atoms with Crippen LogP contribution in [0, 0.1) is 22.7 Å². The molecule has 0 bridgehead atoms. The molecule has 8 rings (SSSR count). The van der Waals surface area contributed by atoms with Crippen LogP contribution in [0.15, 0.2) is 86.0 Å². The lowest BCUT2D eigenvalue weighted by molar-refractivity contribution is 0.0572. The average molecular weight is 865 g/mol. The van der Waals surface area contributed by atoms with Gasteiger partial charge in [-0.25, -0.2) is 29.0 Å². The van der Waals surface area contributed by atoms with Gasteiger partial charge >= 0.3 is 0 Å². The summed E-state index contributed by atoms with van der Waals surface area (Å²) < 4.78 is 16.5. The van der Waals surface area contributed by atoms with E-state index in [0.29, 0.717) is 51.2 Å². The van der Waals surface area contributed by atoms with Crippen molar-refractivity contribution in [2.45, 2.75) is 52.0 Å². The zero-order valence-electron chi connectivity index (χ0n) is 35.3. The van der Waals surface area contributed by atoms with Crippen molar-refractivity contribution in [3.05, 3.63) is 108 Å². The Bertz CT molecular complexity index is 3100.